The molecule has 5 rings (SSSR count). The molecule has 3 unspecified atom stereocenters. The zero-order chi connectivity index (χ0) is 38.7. The molecule has 2 fully saturated rings. The summed E-state index contributed by atoms with van der Waals surface area (Å²) in [6.07, 6.45) is -2.30. The smallest absolute Gasteiger partial charge is 0.418 e. The van der Waals surface area contributed by atoms with Gasteiger partial charge in [-0.1, -0.05) is 27.7 Å². The van der Waals surface area contributed by atoms with Crippen molar-refractivity contribution >= 4 is 51.5 Å². The number of hydrogen-bond acceptors (Lipinski definition) is 10. The summed E-state index contributed by atoms with van der Waals surface area (Å²) >= 11 is 0. The van der Waals surface area contributed by atoms with Gasteiger partial charge in [-0.25, -0.2) is 9.97 Å². The number of halogens is 3. The van der Waals surface area contributed by atoms with Crippen molar-refractivity contribution in [2.45, 2.75) is 71.8 Å². The van der Waals surface area contributed by atoms with Crippen molar-refractivity contribution in [3.8, 4) is 5.75 Å². The van der Waals surface area contributed by atoms with E-state index in [-0.39, 0.29) is 34.7 Å². The standard InChI is InChI=1S/C37H50F3N9O4/c1-8-47-14-16-48(17-15-47)28-12-11-23(18-25(28)37(38,39)40)44-32-24-19-27(30(53-7)20-26(24)42-21-43-32)45-34(51)29-10-9-13-49(29)35(52)31(36(3,4)5)46-33(50)22(2)41-6/h11-12,18-22,29,31,41H,8-10,13-17H2,1-7H3,(H,45,51)(H,46,50)(H,42,43,44). The van der Waals surface area contributed by atoms with E-state index in [0.717, 1.165) is 12.6 Å². The number of fused-ring (bicyclic) bond motifs is 1. The molecular formula is C37H50F3N9O4. The number of carbonyl (C=O) groups excluding carboxylic acids is 3. The molecule has 0 spiro atoms. The van der Waals surface area contributed by atoms with Gasteiger partial charge in [0.2, 0.25) is 17.7 Å². The average molecular weight is 742 g/mol. The average Bonchev–Trinajstić information content (AvgIpc) is 3.63. The van der Waals surface area contributed by atoms with Gasteiger partial charge in [0.05, 0.1) is 29.9 Å². The third-order valence-electron chi connectivity index (χ3n) is 10.0. The highest BCUT2D eigenvalue weighted by Crippen LogP contribution is 2.40. The van der Waals surface area contributed by atoms with Crippen molar-refractivity contribution in [3.63, 3.8) is 0 Å². The zero-order valence-corrected chi connectivity index (χ0v) is 31.4. The molecule has 0 bridgehead atoms. The van der Waals surface area contributed by atoms with Crippen LogP contribution in [-0.4, -0.2) is 109 Å². The lowest BCUT2D eigenvalue weighted by Gasteiger charge is -2.36. The van der Waals surface area contributed by atoms with Gasteiger partial charge in [-0.05, 0) is 63.0 Å². The topological polar surface area (TPSA) is 144 Å². The van der Waals surface area contributed by atoms with E-state index in [0.29, 0.717) is 62.2 Å². The SMILES string of the molecule is CCN1CCN(c2ccc(Nc3ncnc4cc(OC)c(NC(=O)C5CCCN5C(=O)C(NC(=O)C(C)NC)C(C)(C)C)cc34)cc2C(F)(F)F)CC1. The first kappa shape index (κ1) is 39.5. The summed E-state index contributed by atoms with van der Waals surface area (Å²) in [5, 5.41) is 12.1. The van der Waals surface area contributed by atoms with E-state index >= 15 is 0 Å². The number of ether oxygens (including phenoxy) is 1. The molecule has 0 aliphatic carbocycles. The van der Waals surface area contributed by atoms with Crippen molar-refractivity contribution < 1.29 is 32.3 Å². The Morgan fingerprint density at radius 3 is 2.36 bits per heavy atom. The second-order valence-corrected chi connectivity index (χ2v) is 14.6. The number of anilines is 4. The lowest BCUT2D eigenvalue weighted by atomic mass is 9.85. The number of benzene rings is 2. The first-order chi connectivity index (χ1) is 25.0. The van der Waals surface area contributed by atoms with Crippen molar-refractivity contribution in [2.75, 3.05) is 69.0 Å². The highest BCUT2D eigenvalue weighted by molar-refractivity contribution is 6.03. The molecule has 288 valence electrons. The molecule has 53 heavy (non-hydrogen) atoms. The van der Waals surface area contributed by atoms with Gasteiger partial charge < -0.3 is 40.7 Å². The quantitative estimate of drug-likeness (QED) is 0.220. The van der Waals surface area contributed by atoms with Gasteiger partial charge in [0, 0.05) is 55.6 Å². The number of likely N-dealkylation sites (tertiary alicyclic amines) is 1. The minimum Gasteiger partial charge on any atom is -0.494 e. The molecule has 3 atom stereocenters. The molecule has 1 aromatic heterocycles. The van der Waals surface area contributed by atoms with E-state index in [9.17, 15) is 27.6 Å². The van der Waals surface area contributed by atoms with Gasteiger partial charge in [0.15, 0.2) is 0 Å². The first-order valence-electron chi connectivity index (χ1n) is 17.9. The normalized spacial score (nSPS) is 18.1. The van der Waals surface area contributed by atoms with Crippen molar-refractivity contribution in [1.82, 2.24) is 30.4 Å². The fourth-order valence-electron chi connectivity index (χ4n) is 6.74. The van der Waals surface area contributed by atoms with E-state index in [1.54, 1.807) is 37.1 Å². The molecule has 3 aromatic rings. The summed E-state index contributed by atoms with van der Waals surface area (Å²) in [7, 11) is 3.09. The molecule has 2 saturated heterocycles. The minimum atomic E-state index is -4.59. The fraction of sp³-hybridized carbons (Fsp3) is 0.541. The molecule has 3 amide bonds. The molecule has 0 saturated carbocycles. The van der Waals surface area contributed by atoms with Crippen LogP contribution in [0, 0.1) is 5.41 Å². The van der Waals surface area contributed by atoms with E-state index in [1.165, 1.54) is 24.4 Å². The lowest BCUT2D eigenvalue weighted by molar-refractivity contribution is -0.143. The maximum Gasteiger partial charge on any atom is 0.418 e. The Kier molecular flexibility index (Phi) is 12.0. The van der Waals surface area contributed by atoms with E-state index in [2.05, 4.69) is 36.1 Å². The summed E-state index contributed by atoms with van der Waals surface area (Å²) in [6.45, 7) is 12.8. The Labute approximate surface area is 308 Å². The van der Waals surface area contributed by atoms with E-state index < -0.39 is 41.2 Å². The van der Waals surface area contributed by atoms with E-state index in [1.807, 2.05) is 27.7 Å². The van der Waals surface area contributed by atoms with Crippen LogP contribution in [-0.2, 0) is 20.6 Å². The molecule has 16 heteroatoms. The predicted octanol–water partition coefficient (Wildman–Crippen LogP) is 4.61. The summed E-state index contributed by atoms with van der Waals surface area (Å²) in [6, 6.07) is 5.14. The molecular weight excluding hydrogens is 691 g/mol. The van der Waals surface area contributed by atoms with Crippen LogP contribution in [0.15, 0.2) is 36.7 Å². The number of carbonyl (C=O) groups is 3. The van der Waals surface area contributed by atoms with Crippen LogP contribution >= 0.6 is 0 Å². The number of hydrogen-bond donors (Lipinski definition) is 4. The van der Waals surface area contributed by atoms with Crippen LogP contribution in [0.3, 0.4) is 0 Å². The van der Waals surface area contributed by atoms with Crippen molar-refractivity contribution in [3.05, 3.63) is 42.2 Å². The van der Waals surface area contributed by atoms with Gasteiger partial charge in [-0.3, -0.25) is 14.4 Å². The minimum absolute atomic E-state index is 0.129. The lowest BCUT2D eigenvalue weighted by Crippen LogP contribution is -2.59. The monoisotopic (exact) mass is 741 g/mol. The Morgan fingerprint density at radius 2 is 1.74 bits per heavy atom. The summed E-state index contributed by atoms with van der Waals surface area (Å²) < 4.78 is 48.8. The number of amides is 3. The van der Waals surface area contributed by atoms with Crippen LogP contribution in [0.2, 0.25) is 0 Å². The highest BCUT2D eigenvalue weighted by Gasteiger charge is 2.42. The number of piperazine rings is 1. The molecule has 2 aliphatic rings. The van der Waals surface area contributed by atoms with Crippen LogP contribution in [0.5, 0.6) is 5.75 Å². The van der Waals surface area contributed by atoms with Gasteiger partial charge >= 0.3 is 6.18 Å². The fourth-order valence-corrected chi connectivity index (χ4v) is 6.74. The number of methoxy groups -OCH3 is 1. The third kappa shape index (κ3) is 8.92. The molecule has 3 heterocycles. The van der Waals surface area contributed by atoms with Gasteiger partial charge in [-0.2, -0.15) is 13.2 Å². The first-order valence-corrected chi connectivity index (χ1v) is 17.9. The Bertz CT molecular complexity index is 1810. The second-order valence-electron chi connectivity index (χ2n) is 14.6. The summed E-state index contributed by atoms with van der Waals surface area (Å²) in [5.41, 5.74) is -0.385. The number of nitrogens with one attached hydrogen (secondary N) is 4. The van der Waals surface area contributed by atoms with Gasteiger partial charge in [0.1, 0.15) is 30.0 Å². The molecule has 0 radical (unpaired) electrons. The summed E-state index contributed by atoms with van der Waals surface area (Å²) in [5.74, 6) is -0.622. The van der Waals surface area contributed by atoms with Crippen molar-refractivity contribution in [2.24, 2.45) is 5.41 Å². The summed E-state index contributed by atoms with van der Waals surface area (Å²) in [4.78, 5) is 54.7. The van der Waals surface area contributed by atoms with E-state index in [4.69, 9.17) is 4.74 Å². The van der Waals surface area contributed by atoms with Crippen molar-refractivity contribution in [1.29, 1.82) is 0 Å². The molecule has 13 nitrogen and oxygen atoms in total. The Balaban J connectivity index is 1.40. The number of rotatable bonds is 11. The Morgan fingerprint density at radius 1 is 1.02 bits per heavy atom. The van der Waals surface area contributed by atoms with Gasteiger partial charge in [-0.15, -0.1) is 0 Å². The van der Waals surface area contributed by atoms with Crippen LogP contribution < -0.4 is 30.9 Å². The second kappa shape index (κ2) is 16.1. The largest absolute Gasteiger partial charge is 0.494 e. The maximum atomic E-state index is 14.4. The molecule has 2 aliphatic heterocycles. The Hall–Kier alpha value is -4.70. The molecule has 4 N–H and O–H groups in total. The number of alkyl halides is 3. The van der Waals surface area contributed by atoms with Crippen LogP contribution in [0.25, 0.3) is 10.9 Å². The zero-order valence-electron chi connectivity index (χ0n) is 31.4. The number of aromatic nitrogens is 2. The maximum absolute atomic E-state index is 14.4. The van der Waals surface area contributed by atoms with Crippen LogP contribution in [0.1, 0.15) is 53.0 Å². The predicted molar refractivity (Wildman–Crippen MR) is 198 cm³/mol. The third-order valence-corrected chi connectivity index (χ3v) is 10.0. The van der Waals surface area contributed by atoms with Gasteiger partial charge in [0.25, 0.3) is 0 Å². The highest BCUT2D eigenvalue weighted by atomic mass is 19.4. The van der Waals surface area contributed by atoms with Crippen LogP contribution in [0.4, 0.5) is 36.1 Å². The number of likely N-dealkylation sites (N-methyl/N-ethyl adjacent to an activating group) is 2. The molecule has 2 aromatic carbocycles. The number of nitrogens with zero attached hydrogens (tertiary/aromatic N) is 5.